The van der Waals surface area contributed by atoms with Crippen molar-refractivity contribution in [1.82, 2.24) is 15.1 Å². The average molecular weight is 300 g/mol. The van der Waals surface area contributed by atoms with Crippen molar-refractivity contribution in [3.05, 3.63) is 22.5 Å². The van der Waals surface area contributed by atoms with Crippen molar-refractivity contribution in [2.75, 3.05) is 26.4 Å². The van der Waals surface area contributed by atoms with Gasteiger partial charge in [0, 0.05) is 13.2 Å². The molecule has 1 heterocycles. The van der Waals surface area contributed by atoms with Crippen molar-refractivity contribution < 1.29 is 19.2 Å². The molecule has 0 saturated carbocycles. The zero-order valence-corrected chi connectivity index (χ0v) is 12.2. The summed E-state index contributed by atoms with van der Waals surface area (Å²) in [4.78, 5) is 21.7. The molecule has 1 rings (SSSR count). The molecular formula is C12H20N4O5. The Balaban J connectivity index is 2.21. The predicted molar refractivity (Wildman–Crippen MR) is 73.8 cm³/mol. The minimum atomic E-state index is -0.572. The van der Waals surface area contributed by atoms with Gasteiger partial charge in [0.1, 0.15) is 18.5 Å². The molecule has 0 aliphatic rings. The lowest BCUT2D eigenvalue weighted by molar-refractivity contribution is -0.385. The fourth-order valence-corrected chi connectivity index (χ4v) is 1.51. The van der Waals surface area contributed by atoms with Gasteiger partial charge in [-0.2, -0.15) is 5.10 Å². The van der Waals surface area contributed by atoms with E-state index >= 15 is 0 Å². The molecule has 0 bridgehead atoms. The van der Waals surface area contributed by atoms with Crippen LogP contribution in [0.3, 0.4) is 0 Å². The molecule has 0 fully saturated rings. The SMILES string of the molecule is CCOCCO[C@H](C)C(=O)NCCn1cc([N+](=O)[O-])cn1. The highest BCUT2D eigenvalue weighted by atomic mass is 16.6. The van der Waals surface area contributed by atoms with Crippen molar-refractivity contribution in [1.29, 1.82) is 0 Å². The molecule has 0 aliphatic heterocycles. The van der Waals surface area contributed by atoms with Crippen LogP contribution in [0.2, 0.25) is 0 Å². The van der Waals surface area contributed by atoms with Crippen LogP contribution in [0.4, 0.5) is 5.69 Å². The van der Waals surface area contributed by atoms with Crippen molar-refractivity contribution in [3.8, 4) is 0 Å². The average Bonchev–Trinajstić information content (AvgIpc) is 2.92. The second-order valence-electron chi connectivity index (χ2n) is 4.22. The minimum Gasteiger partial charge on any atom is -0.379 e. The molecule has 0 spiro atoms. The number of nitrogens with zero attached hydrogens (tertiary/aromatic N) is 3. The first kappa shape index (κ1) is 17.1. The largest absolute Gasteiger partial charge is 0.379 e. The van der Waals surface area contributed by atoms with Crippen molar-refractivity contribution >= 4 is 11.6 Å². The molecule has 1 aromatic rings. The second kappa shape index (κ2) is 9.03. The Morgan fingerprint density at radius 3 is 2.95 bits per heavy atom. The van der Waals surface area contributed by atoms with Crippen molar-refractivity contribution in [2.45, 2.75) is 26.5 Å². The summed E-state index contributed by atoms with van der Waals surface area (Å²) in [5, 5.41) is 17.0. The van der Waals surface area contributed by atoms with E-state index in [2.05, 4.69) is 10.4 Å². The van der Waals surface area contributed by atoms with E-state index in [9.17, 15) is 14.9 Å². The molecule has 0 radical (unpaired) electrons. The third-order valence-corrected chi connectivity index (χ3v) is 2.64. The van der Waals surface area contributed by atoms with Gasteiger partial charge in [-0.05, 0) is 13.8 Å². The van der Waals surface area contributed by atoms with Crippen LogP contribution in [-0.2, 0) is 20.8 Å². The Bertz CT molecular complexity index is 462. The van der Waals surface area contributed by atoms with Crippen molar-refractivity contribution in [3.63, 3.8) is 0 Å². The summed E-state index contributed by atoms with van der Waals surface area (Å²) in [6, 6.07) is 0. The zero-order chi connectivity index (χ0) is 15.7. The Hall–Kier alpha value is -2.00. The number of rotatable bonds is 10. The summed E-state index contributed by atoms with van der Waals surface area (Å²) >= 11 is 0. The third-order valence-electron chi connectivity index (χ3n) is 2.64. The van der Waals surface area contributed by atoms with Gasteiger partial charge in [0.05, 0.1) is 24.7 Å². The van der Waals surface area contributed by atoms with Crippen LogP contribution >= 0.6 is 0 Å². The van der Waals surface area contributed by atoms with E-state index < -0.39 is 11.0 Å². The second-order valence-corrected chi connectivity index (χ2v) is 4.22. The lowest BCUT2D eigenvalue weighted by atomic mass is 10.3. The van der Waals surface area contributed by atoms with Gasteiger partial charge in [-0.1, -0.05) is 0 Å². The Labute approximate surface area is 122 Å². The molecular weight excluding hydrogens is 280 g/mol. The van der Waals surface area contributed by atoms with Gasteiger partial charge in [-0.3, -0.25) is 19.6 Å². The van der Waals surface area contributed by atoms with Gasteiger partial charge in [0.2, 0.25) is 5.91 Å². The van der Waals surface area contributed by atoms with Gasteiger partial charge >= 0.3 is 5.69 Å². The van der Waals surface area contributed by atoms with Crippen LogP contribution in [0, 0.1) is 10.1 Å². The molecule has 0 aromatic carbocycles. The number of ether oxygens (including phenoxy) is 2. The maximum Gasteiger partial charge on any atom is 0.306 e. The first-order valence-electron chi connectivity index (χ1n) is 6.68. The summed E-state index contributed by atoms with van der Waals surface area (Å²) in [5.74, 6) is -0.242. The van der Waals surface area contributed by atoms with Crippen LogP contribution in [0.5, 0.6) is 0 Å². The number of aromatic nitrogens is 2. The lowest BCUT2D eigenvalue weighted by Gasteiger charge is -2.13. The predicted octanol–water partition coefficient (Wildman–Crippen LogP) is 0.349. The number of carbonyl (C=O) groups excluding carboxylic acids is 1. The molecule has 1 atom stereocenters. The topological polar surface area (TPSA) is 109 Å². The summed E-state index contributed by atoms with van der Waals surface area (Å²) in [6.07, 6.45) is 1.91. The highest BCUT2D eigenvalue weighted by molar-refractivity contribution is 5.80. The molecule has 9 heteroatoms. The number of nitrogens with one attached hydrogen (secondary N) is 1. The molecule has 0 aliphatic carbocycles. The smallest absolute Gasteiger partial charge is 0.306 e. The summed E-state index contributed by atoms with van der Waals surface area (Å²) < 4.78 is 11.8. The fraction of sp³-hybridized carbons (Fsp3) is 0.667. The Kier molecular flexibility index (Phi) is 7.33. The van der Waals surface area contributed by atoms with E-state index in [1.54, 1.807) is 6.92 Å². The quantitative estimate of drug-likeness (QED) is 0.379. The molecule has 21 heavy (non-hydrogen) atoms. The normalized spacial score (nSPS) is 12.1. The summed E-state index contributed by atoms with van der Waals surface area (Å²) in [5.41, 5.74) is -0.0750. The highest BCUT2D eigenvalue weighted by Crippen LogP contribution is 2.06. The molecule has 118 valence electrons. The Morgan fingerprint density at radius 1 is 1.57 bits per heavy atom. The van der Waals surface area contributed by atoms with E-state index in [-0.39, 0.29) is 11.6 Å². The summed E-state index contributed by atoms with van der Waals surface area (Å²) in [6.45, 7) is 5.62. The maximum atomic E-state index is 11.7. The number of hydrogen-bond acceptors (Lipinski definition) is 6. The standard InChI is InChI=1S/C12H20N4O5/c1-3-20-6-7-21-10(2)12(17)13-4-5-15-9-11(8-14-15)16(18)19/h8-10H,3-7H2,1-2H3,(H,13,17)/t10-/m1/s1. The van der Waals surface area contributed by atoms with Crippen LogP contribution < -0.4 is 5.32 Å². The van der Waals surface area contributed by atoms with Crippen LogP contribution in [0.1, 0.15) is 13.8 Å². The van der Waals surface area contributed by atoms with Crippen molar-refractivity contribution in [2.24, 2.45) is 0 Å². The van der Waals surface area contributed by atoms with Gasteiger partial charge < -0.3 is 14.8 Å². The van der Waals surface area contributed by atoms with Gasteiger partial charge in [0.25, 0.3) is 0 Å². The van der Waals surface area contributed by atoms with E-state index in [4.69, 9.17) is 9.47 Å². The van der Waals surface area contributed by atoms with Crippen LogP contribution in [0.25, 0.3) is 0 Å². The van der Waals surface area contributed by atoms with E-state index in [0.717, 1.165) is 0 Å². The maximum absolute atomic E-state index is 11.7. The number of hydrogen-bond donors (Lipinski definition) is 1. The minimum absolute atomic E-state index is 0.0750. The number of amides is 1. The van der Waals surface area contributed by atoms with Gasteiger partial charge in [-0.25, -0.2) is 0 Å². The highest BCUT2D eigenvalue weighted by Gasteiger charge is 2.13. The number of carbonyl (C=O) groups is 1. The van der Waals surface area contributed by atoms with Gasteiger partial charge in [0.15, 0.2) is 0 Å². The molecule has 1 aromatic heterocycles. The van der Waals surface area contributed by atoms with Gasteiger partial charge in [-0.15, -0.1) is 0 Å². The van der Waals surface area contributed by atoms with Crippen LogP contribution in [-0.4, -0.2) is 53.1 Å². The molecule has 0 unspecified atom stereocenters. The third kappa shape index (κ3) is 6.32. The number of nitro groups is 1. The molecule has 0 saturated heterocycles. The molecule has 1 N–H and O–H groups in total. The zero-order valence-electron chi connectivity index (χ0n) is 12.2. The molecule has 9 nitrogen and oxygen atoms in total. The van der Waals surface area contributed by atoms with E-state index in [1.165, 1.54) is 17.1 Å². The first-order chi connectivity index (χ1) is 10.0. The summed E-state index contributed by atoms with van der Waals surface area (Å²) in [7, 11) is 0. The molecule has 1 amide bonds. The van der Waals surface area contributed by atoms with Crippen LogP contribution in [0.15, 0.2) is 12.4 Å². The monoisotopic (exact) mass is 300 g/mol. The Morgan fingerprint density at radius 2 is 2.33 bits per heavy atom. The van der Waals surface area contributed by atoms with E-state index in [1.807, 2.05) is 6.92 Å². The fourth-order valence-electron chi connectivity index (χ4n) is 1.51. The first-order valence-corrected chi connectivity index (χ1v) is 6.68. The van der Waals surface area contributed by atoms with E-state index in [0.29, 0.717) is 32.9 Å². The lowest BCUT2D eigenvalue weighted by Crippen LogP contribution is -2.36.